The predicted octanol–water partition coefficient (Wildman–Crippen LogP) is 0.874. The molecule has 0 aliphatic carbocycles. The number of nitrogens with zero attached hydrogens (tertiary/aromatic N) is 1. The Morgan fingerprint density at radius 2 is 2.13 bits per heavy atom. The first-order chi connectivity index (χ1) is 7.45. The number of hydrogen-bond acceptors (Lipinski definition) is 3. The molecule has 2 rings (SSSR count). The van der Waals surface area contributed by atoms with Crippen LogP contribution < -0.4 is 5.32 Å². The number of piperazine rings is 1. The Bertz CT molecular complexity index is 194. The van der Waals surface area contributed by atoms with E-state index in [2.05, 4.69) is 22.4 Å². The summed E-state index contributed by atoms with van der Waals surface area (Å²) in [7, 11) is 0. The molecule has 0 amide bonds. The van der Waals surface area contributed by atoms with Gasteiger partial charge in [0.15, 0.2) is 0 Å². The van der Waals surface area contributed by atoms with Crippen LogP contribution in [0.3, 0.4) is 0 Å². The van der Waals surface area contributed by atoms with Crippen molar-refractivity contribution in [1.82, 2.24) is 10.2 Å². The molecule has 1 unspecified atom stereocenters. The van der Waals surface area contributed by atoms with Crippen molar-refractivity contribution in [2.24, 2.45) is 5.92 Å². The lowest BCUT2D eigenvalue weighted by Crippen LogP contribution is -2.43. The van der Waals surface area contributed by atoms with Crippen molar-refractivity contribution >= 4 is 0 Å². The third kappa shape index (κ3) is 3.93. The minimum atomic E-state index is 0.782. The molecule has 2 saturated heterocycles. The van der Waals surface area contributed by atoms with Crippen LogP contribution in [0.4, 0.5) is 0 Å². The van der Waals surface area contributed by atoms with E-state index in [1.165, 1.54) is 25.9 Å². The summed E-state index contributed by atoms with van der Waals surface area (Å²) in [5.74, 6) is 0.782. The average Bonchev–Trinajstić information content (AvgIpc) is 2.79. The second-order valence-electron chi connectivity index (χ2n) is 4.49. The van der Waals surface area contributed by atoms with E-state index in [9.17, 15) is 0 Å². The third-order valence-electron chi connectivity index (χ3n) is 3.23. The van der Waals surface area contributed by atoms with Crippen LogP contribution in [-0.2, 0) is 4.74 Å². The highest BCUT2D eigenvalue weighted by Crippen LogP contribution is 2.16. The fourth-order valence-corrected chi connectivity index (χ4v) is 2.18. The van der Waals surface area contributed by atoms with E-state index in [4.69, 9.17) is 4.74 Å². The quantitative estimate of drug-likeness (QED) is 0.697. The molecular weight excluding hydrogens is 188 g/mol. The molecule has 2 aliphatic rings. The van der Waals surface area contributed by atoms with Crippen LogP contribution in [0, 0.1) is 5.92 Å². The molecule has 2 heterocycles. The molecule has 1 N–H and O–H groups in total. The van der Waals surface area contributed by atoms with Crippen molar-refractivity contribution < 1.29 is 4.74 Å². The molecule has 0 aromatic carbocycles. The Kier molecular flexibility index (Phi) is 4.64. The van der Waals surface area contributed by atoms with Crippen molar-refractivity contribution in [2.75, 3.05) is 45.9 Å². The van der Waals surface area contributed by atoms with Gasteiger partial charge in [0.25, 0.3) is 0 Å². The normalized spacial score (nSPS) is 28.9. The molecule has 0 bridgehead atoms. The molecule has 0 radical (unpaired) electrons. The Hall–Kier alpha value is -0.380. The van der Waals surface area contributed by atoms with Gasteiger partial charge in [-0.15, -0.1) is 0 Å². The van der Waals surface area contributed by atoms with Crippen LogP contribution in [0.25, 0.3) is 0 Å². The van der Waals surface area contributed by atoms with Gasteiger partial charge >= 0.3 is 0 Å². The van der Waals surface area contributed by atoms with Crippen LogP contribution in [0.15, 0.2) is 12.2 Å². The van der Waals surface area contributed by atoms with E-state index in [1.807, 2.05) is 0 Å². The van der Waals surface area contributed by atoms with Gasteiger partial charge in [-0.3, -0.25) is 4.90 Å². The summed E-state index contributed by atoms with van der Waals surface area (Å²) >= 11 is 0. The van der Waals surface area contributed by atoms with Crippen molar-refractivity contribution in [2.45, 2.75) is 12.8 Å². The highest BCUT2D eigenvalue weighted by Gasteiger charge is 2.13. The van der Waals surface area contributed by atoms with Crippen LogP contribution in [0.1, 0.15) is 12.8 Å². The zero-order valence-corrected chi connectivity index (χ0v) is 9.45. The maximum absolute atomic E-state index is 5.35. The number of allylic oxidation sites excluding steroid dienone is 1. The largest absolute Gasteiger partial charge is 0.381 e. The van der Waals surface area contributed by atoms with Crippen LogP contribution in [-0.4, -0.2) is 50.8 Å². The lowest BCUT2D eigenvalue weighted by molar-refractivity contribution is 0.186. The standard InChI is InChI=1S/C12H22N2O/c1(3-12-4-10-15-11-12)2-7-14-8-5-13-6-9-14/h1-2,12-13H,3-11H2/b2-1-. The fourth-order valence-electron chi connectivity index (χ4n) is 2.18. The number of hydrogen-bond donors (Lipinski definition) is 1. The number of nitrogens with one attached hydrogen (secondary N) is 1. The highest BCUT2D eigenvalue weighted by atomic mass is 16.5. The van der Waals surface area contributed by atoms with Gasteiger partial charge in [-0.1, -0.05) is 12.2 Å². The van der Waals surface area contributed by atoms with Gasteiger partial charge in [-0.25, -0.2) is 0 Å². The maximum Gasteiger partial charge on any atom is 0.0498 e. The summed E-state index contributed by atoms with van der Waals surface area (Å²) in [6.45, 7) is 7.73. The van der Waals surface area contributed by atoms with Gasteiger partial charge in [0.1, 0.15) is 0 Å². The van der Waals surface area contributed by atoms with Gasteiger partial charge in [-0.2, -0.15) is 0 Å². The molecule has 86 valence electrons. The first-order valence-electron chi connectivity index (χ1n) is 6.11. The van der Waals surface area contributed by atoms with Crippen LogP contribution in [0.5, 0.6) is 0 Å². The van der Waals surface area contributed by atoms with Crippen molar-refractivity contribution in [1.29, 1.82) is 0 Å². The Morgan fingerprint density at radius 3 is 2.87 bits per heavy atom. The first kappa shape index (κ1) is 11.1. The first-order valence-corrected chi connectivity index (χ1v) is 6.11. The van der Waals surface area contributed by atoms with Crippen LogP contribution >= 0.6 is 0 Å². The van der Waals surface area contributed by atoms with Crippen molar-refractivity contribution in [3.63, 3.8) is 0 Å². The molecule has 1 atom stereocenters. The minimum Gasteiger partial charge on any atom is -0.381 e. The Morgan fingerprint density at radius 1 is 1.27 bits per heavy atom. The van der Waals surface area contributed by atoms with Gasteiger partial charge in [0.2, 0.25) is 0 Å². The summed E-state index contributed by atoms with van der Waals surface area (Å²) in [6, 6.07) is 0. The van der Waals surface area contributed by atoms with Crippen molar-refractivity contribution in [3.05, 3.63) is 12.2 Å². The maximum atomic E-state index is 5.35. The summed E-state index contributed by atoms with van der Waals surface area (Å²) in [4.78, 5) is 2.50. The SMILES string of the molecule is C(=C/CN1CCNCC1)/CC1CCOC1. The average molecular weight is 210 g/mol. The Balaban J connectivity index is 1.57. The molecule has 3 heteroatoms. The zero-order chi connectivity index (χ0) is 10.3. The number of ether oxygens (including phenoxy) is 1. The van der Waals surface area contributed by atoms with Crippen LogP contribution in [0.2, 0.25) is 0 Å². The van der Waals surface area contributed by atoms with E-state index in [-0.39, 0.29) is 0 Å². The third-order valence-corrected chi connectivity index (χ3v) is 3.23. The number of rotatable bonds is 4. The summed E-state index contributed by atoms with van der Waals surface area (Å²) in [5.41, 5.74) is 0. The molecule has 0 spiro atoms. The van der Waals surface area contributed by atoms with E-state index >= 15 is 0 Å². The molecule has 0 saturated carbocycles. The lowest BCUT2D eigenvalue weighted by Gasteiger charge is -2.25. The summed E-state index contributed by atoms with van der Waals surface area (Å²) in [5, 5.41) is 3.37. The van der Waals surface area contributed by atoms with Crippen molar-refractivity contribution in [3.8, 4) is 0 Å². The second kappa shape index (κ2) is 6.26. The topological polar surface area (TPSA) is 24.5 Å². The lowest BCUT2D eigenvalue weighted by atomic mass is 10.1. The molecular formula is C12H22N2O. The molecule has 15 heavy (non-hydrogen) atoms. The smallest absolute Gasteiger partial charge is 0.0498 e. The highest BCUT2D eigenvalue weighted by molar-refractivity contribution is 4.88. The van der Waals surface area contributed by atoms with E-state index in [0.29, 0.717) is 0 Å². The molecule has 0 aromatic heterocycles. The zero-order valence-electron chi connectivity index (χ0n) is 9.45. The molecule has 0 aromatic rings. The molecule has 2 fully saturated rings. The van der Waals surface area contributed by atoms with Gasteiger partial charge in [0, 0.05) is 45.9 Å². The summed E-state index contributed by atoms with van der Waals surface area (Å²) in [6.07, 6.45) is 7.11. The van der Waals surface area contributed by atoms with Gasteiger partial charge in [0.05, 0.1) is 0 Å². The van der Waals surface area contributed by atoms with Gasteiger partial charge < -0.3 is 10.1 Å². The summed E-state index contributed by atoms with van der Waals surface area (Å²) < 4.78 is 5.35. The molecule has 2 aliphatic heterocycles. The second-order valence-corrected chi connectivity index (χ2v) is 4.49. The predicted molar refractivity (Wildman–Crippen MR) is 62.0 cm³/mol. The molecule has 3 nitrogen and oxygen atoms in total. The monoisotopic (exact) mass is 210 g/mol. The van der Waals surface area contributed by atoms with E-state index in [1.54, 1.807) is 0 Å². The minimum absolute atomic E-state index is 0.782. The van der Waals surface area contributed by atoms with E-state index in [0.717, 1.165) is 38.8 Å². The fraction of sp³-hybridized carbons (Fsp3) is 0.833. The van der Waals surface area contributed by atoms with Gasteiger partial charge in [-0.05, 0) is 18.8 Å². The van der Waals surface area contributed by atoms with E-state index < -0.39 is 0 Å². The Labute approximate surface area is 92.5 Å².